The first-order chi connectivity index (χ1) is 8.63. The van der Waals surface area contributed by atoms with Crippen LogP contribution in [0.2, 0.25) is 5.15 Å². The first-order valence-corrected chi connectivity index (χ1v) is 7.58. The van der Waals surface area contributed by atoms with E-state index in [0.717, 1.165) is 24.7 Å². The Bertz CT molecular complexity index is 392. The maximum Gasteiger partial charge on any atom is 0.130 e. The SMILES string of the molecule is CN(C)Cc1cc(Cl)nc(SC2CCNCC2)c1. The number of thioether (sulfide) groups is 1. The Morgan fingerprint density at radius 2 is 2.11 bits per heavy atom. The summed E-state index contributed by atoms with van der Waals surface area (Å²) in [5.41, 5.74) is 1.23. The second kappa shape index (κ2) is 6.75. The van der Waals surface area contributed by atoms with E-state index in [1.165, 1.54) is 18.4 Å². The summed E-state index contributed by atoms with van der Waals surface area (Å²) >= 11 is 7.96. The molecular formula is C13H20ClN3S. The molecule has 2 rings (SSSR count). The molecule has 100 valence electrons. The van der Waals surface area contributed by atoms with Crippen molar-refractivity contribution >= 4 is 23.4 Å². The topological polar surface area (TPSA) is 28.2 Å². The van der Waals surface area contributed by atoms with E-state index in [-0.39, 0.29) is 0 Å². The number of hydrogen-bond acceptors (Lipinski definition) is 4. The lowest BCUT2D eigenvalue weighted by Crippen LogP contribution is -2.29. The Morgan fingerprint density at radius 3 is 2.78 bits per heavy atom. The van der Waals surface area contributed by atoms with Gasteiger partial charge in [0.2, 0.25) is 0 Å². The van der Waals surface area contributed by atoms with Crippen molar-refractivity contribution < 1.29 is 0 Å². The van der Waals surface area contributed by atoms with E-state index in [0.29, 0.717) is 10.4 Å². The van der Waals surface area contributed by atoms with Crippen LogP contribution in [0.4, 0.5) is 0 Å². The average Bonchev–Trinajstić information content (AvgIpc) is 2.28. The summed E-state index contributed by atoms with van der Waals surface area (Å²) in [6.45, 7) is 3.13. The van der Waals surface area contributed by atoms with Crippen molar-refractivity contribution in [1.82, 2.24) is 15.2 Å². The molecule has 0 bridgehead atoms. The van der Waals surface area contributed by atoms with Crippen molar-refractivity contribution in [3.63, 3.8) is 0 Å². The second-order valence-electron chi connectivity index (χ2n) is 4.94. The summed E-state index contributed by atoms with van der Waals surface area (Å²) in [5.74, 6) is 0. The monoisotopic (exact) mass is 285 g/mol. The highest BCUT2D eigenvalue weighted by atomic mass is 35.5. The molecule has 1 N–H and O–H groups in total. The van der Waals surface area contributed by atoms with Crippen LogP contribution in [-0.4, -0.2) is 42.3 Å². The molecule has 0 saturated carbocycles. The molecule has 3 nitrogen and oxygen atoms in total. The number of hydrogen-bond donors (Lipinski definition) is 1. The van der Waals surface area contributed by atoms with E-state index in [1.807, 2.05) is 17.8 Å². The van der Waals surface area contributed by atoms with Gasteiger partial charge in [0.25, 0.3) is 0 Å². The number of nitrogens with one attached hydrogen (secondary N) is 1. The molecule has 0 aromatic carbocycles. The van der Waals surface area contributed by atoms with E-state index < -0.39 is 0 Å². The van der Waals surface area contributed by atoms with Crippen LogP contribution in [0.15, 0.2) is 17.2 Å². The number of piperidine rings is 1. The van der Waals surface area contributed by atoms with Gasteiger partial charge in [-0.15, -0.1) is 11.8 Å². The Hall–Kier alpha value is -0.290. The maximum absolute atomic E-state index is 6.10. The van der Waals surface area contributed by atoms with Gasteiger partial charge in [-0.3, -0.25) is 0 Å². The van der Waals surface area contributed by atoms with Crippen LogP contribution < -0.4 is 5.32 Å². The fourth-order valence-corrected chi connectivity index (χ4v) is 3.59. The fraction of sp³-hybridized carbons (Fsp3) is 0.615. The Kier molecular flexibility index (Phi) is 5.30. The zero-order valence-electron chi connectivity index (χ0n) is 10.9. The maximum atomic E-state index is 6.10. The van der Waals surface area contributed by atoms with Gasteiger partial charge < -0.3 is 10.2 Å². The van der Waals surface area contributed by atoms with Gasteiger partial charge in [-0.1, -0.05) is 11.6 Å². The zero-order valence-corrected chi connectivity index (χ0v) is 12.5. The molecule has 0 spiro atoms. The minimum absolute atomic E-state index is 0.603. The van der Waals surface area contributed by atoms with Gasteiger partial charge in [-0.25, -0.2) is 4.98 Å². The number of rotatable bonds is 4. The van der Waals surface area contributed by atoms with Crippen molar-refractivity contribution in [3.8, 4) is 0 Å². The van der Waals surface area contributed by atoms with Crippen molar-refractivity contribution in [2.45, 2.75) is 29.7 Å². The van der Waals surface area contributed by atoms with Gasteiger partial charge in [-0.05, 0) is 57.7 Å². The zero-order chi connectivity index (χ0) is 13.0. The third-order valence-electron chi connectivity index (χ3n) is 2.90. The predicted octanol–water partition coefficient (Wildman–Crippen LogP) is 2.64. The molecule has 18 heavy (non-hydrogen) atoms. The minimum atomic E-state index is 0.603. The summed E-state index contributed by atoms with van der Waals surface area (Å²) in [5, 5.41) is 5.72. The summed E-state index contributed by atoms with van der Waals surface area (Å²) in [6.07, 6.45) is 2.42. The Labute approximate surface area is 118 Å². The van der Waals surface area contributed by atoms with E-state index in [2.05, 4.69) is 35.4 Å². The average molecular weight is 286 g/mol. The molecular weight excluding hydrogens is 266 g/mol. The first kappa shape index (κ1) is 14.1. The molecule has 0 atom stereocenters. The predicted molar refractivity (Wildman–Crippen MR) is 78.4 cm³/mol. The fourth-order valence-electron chi connectivity index (χ4n) is 2.12. The van der Waals surface area contributed by atoms with Gasteiger partial charge >= 0.3 is 0 Å². The summed E-state index contributed by atoms with van der Waals surface area (Å²) in [4.78, 5) is 6.57. The van der Waals surface area contributed by atoms with Gasteiger partial charge in [0.15, 0.2) is 0 Å². The van der Waals surface area contributed by atoms with Crippen LogP contribution in [0.1, 0.15) is 18.4 Å². The molecule has 1 fully saturated rings. The van der Waals surface area contributed by atoms with Crippen molar-refractivity contribution in [2.24, 2.45) is 0 Å². The quantitative estimate of drug-likeness (QED) is 0.861. The van der Waals surface area contributed by atoms with Crippen molar-refractivity contribution in [2.75, 3.05) is 27.2 Å². The highest BCUT2D eigenvalue weighted by Crippen LogP contribution is 2.29. The smallest absolute Gasteiger partial charge is 0.130 e. The van der Waals surface area contributed by atoms with E-state index in [9.17, 15) is 0 Å². The molecule has 5 heteroatoms. The molecule has 1 saturated heterocycles. The van der Waals surface area contributed by atoms with E-state index in [1.54, 1.807) is 0 Å². The van der Waals surface area contributed by atoms with E-state index in [4.69, 9.17) is 11.6 Å². The molecule has 0 unspecified atom stereocenters. The molecule has 1 aromatic heterocycles. The summed E-state index contributed by atoms with van der Waals surface area (Å²) < 4.78 is 0. The number of nitrogens with zero attached hydrogens (tertiary/aromatic N) is 2. The van der Waals surface area contributed by atoms with Crippen LogP contribution in [0.5, 0.6) is 0 Å². The highest BCUT2D eigenvalue weighted by molar-refractivity contribution is 7.99. The third-order valence-corrected chi connectivity index (χ3v) is 4.35. The molecule has 1 aliphatic heterocycles. The van der Waals surface area contributed by atoms with Gasteiger partial charge in [0, 0.05) is 11.8 Å². The Morgan fingerprint density at radius 1 is 1.39 bits per heavy atom. The van der Waals surface area contributed by atoms with Crippen molar-refractivity contribution in [3.05, 3.63) is 22.8 Å². The van der Waals surface area contributed by atoms with E-state index >= 15 is 0 Å². The summed E-state index contributed by atoms with van der Waals surface area (Å²) in [7, 11) is 4.13. The molecule has 0 radical (unpaired) electrons. The lowest BCUT2D eigenvalue weighted by molar-refractivity contribution is 0.402. The molecule has 0 amide bonds. The number of aromatic nitrogens is 1. The molecule has 2 heterocycles. The lowest BCUT2D eigenvalue weighted by Gasteiger charge is -2.22. The van der Waals surface area contributed by atoms with Gasteiger partial charge in [0.1, 0.15) is 5.15 Å². The minimum Gasteiger partial charge on any atom is -0.317 e. The van der Waals surface area contributed by atoms with Crippen molar-refractivity contribution in [1.29, 1.82) is 0 Å². The van der Waals surface area contributed by atoms with Crippen LogP contribution in [0.25, 0.3) is 0 Å². The molecule has 1 aromatic rings. The Balaban J connectivity index is 2.04. The second-order valence-corrected chi connectivity index (χ2v) is 6.65. The molecule has 0 aliphatic carbocycles. The van der Waals surface area contributed by atoms with Crippen LogP contribution in [-0.2, 0) is 6.54 Å². The summed E-state index contributed by atoms with van der Waals surface area (Å²) in [6, 6.07) is 4.12. The van der Waals surface area contributed by atoms with Crippen LogP contribution >= 0.6 is 23.4 Å². The number of pyridine rings is 1. The first-order valence-electron chi connectivity index (χ1n) is 6.32. The highest BCUT2D eigenvalue weighted by Gasteiger charge is 2.15. The lowest BCUT2D eigenvalue weighted by atomic mass is 10.2. The van der Waals surface area contributed by atoms with Gasteiger partial charge in [0.05, 0.1) is 5.03 Å². The van der Waals surface area contributed by atoms with Crippen LogP contribution in [0.3, 0.4) is 0 Å². The standard InChI is InChI=1S/C13H20ClN3S/c1-17(2)9-10-7-12(14)16-13(8-10)18-11-3-5-15-6-4-11/h7-8,11,15H,3-6,9H2,1-2H3. The van der Waals surface area contributed by atoms with Crippen LogP contribution in [0, 0.1) is 0 Å². The largest absolute Gasteiger partial charge is 0.317 e. The normalized spacial score (nSPS) is 17.3. The van der Waals surface area contributed by atoms with Gasteiger partial charge in [-0.2, -0.15) is 0 Å². The number of halogens is 1. The third kappa shape index (κ3) is 4.43. The molecule has 1 aliphatic rings.